The van der Waals surface area contributed by atoms with Gasteiger partial charge in [-0.2, -0.15) is 0 Å². The highest BCUT2D eigenvalue weighted by Crippen LogP contribution is 2.41. The summed E-state index contributed by atoms with van der Waals surface area (Å²) >= 11 is 0. The molecule has 0 radical (unpaired) electrons. The molecule has 1 spiro atoms. The van der Waals surface area contributed by atoms with Crippen molar-refractivity contribution in [1.29, 1.82) is 0 Å². The average Bonchev–Trinajstić information content (AvgIpc) is 3.95. The number of likely N-dealkylation sites (tertiary alicyclic amines) is 2. The maximum atomic E-state index is 15.2. The van der Waals surface area contributed by atoms with E-state index in [9.17, 15) is 24.3 Å². The van der Waals surface area contributed by atoms with Crippen molar-refractivity contribution < 1.29 is 37.8 Å². The molecule has 2 aromatic heterocycles. The number of urea groups is 1. The number of carbonyl (C=O) groups is 4. The lowest BCUT2D eigenvalue weighted by Crippen LogP contribution is -2.49. The first-order chi connectivity index (χ1) is 33.1. The van der Waals surface area contributed by atoms with E-state index in [1.807, 2.05) is 6.07 Å². The summed E-state index contributed by atoms with van der Waals surface area (Å²) in [7, 11) is 1.50. The first kappa shape index (κ1) is 47.0. The third-order valence-electron chi connectivity index (χ3n) is 13.8. The minimum atomic E-state index is -1.29. The van der Waals surface area contributed by atoms with Gasteiger partial charge in [-0.1, -0.05) is 30.3 Å². The number of piperidine rings is 1. The fourth-order valence-corrected chi connectivity index (χ4v) is 9.76. The molecule has 9 rings (SSSR count). The first-order valence-electron chi connectivity index (χ1n) is 23.2. The molecule has 5 N–H and O–H groups in total. The highest BCUT2D eigenvalue weighted by Gasteiger charge is 2.40. The van der Waals surface area contributed by atoms with E-state index in [1.165, 1.54) is 62.0 Å². The number of amides is 5. The number of fused-ring (bicyclic) bond motifs is 1. The van der Waals surface area contributed by atoms with Gasteiger partial charge in [0, 0.05) is 67.0 Å². The van der Waals surface area contributed by atoms with Crippen molar-refractivity contribution in [3.05, 3.63) is 125 Å². The lowest BCUT2D eigenvalue weighted by molar-refractivity contribution is -0.120. The molecule has 0 atom stereocenters. The number of anilines is 2. The number of benzene rings is 4. The number of nitrogens with one attached hydrogen (secondary N) is 4. The molecule has 358 valence electrons. The van der Waals surface area contributed by atoms with Crippen LogP contribution in [0.4, 0.5) is 25.0 Å². The Kier molecular flexibility index (Phi) is 13.0. The molecule has 6 aromatic rings. The summed E-state index contributed by atoms with van der Waals surface area (Å²) in [5.41, 5.74) is 5.04. The number of H-pyrrole nitrogens is 1. The maximum Gasteiger partial charge on any atom is 0.328 e. The molecule has 3 aliphatic rings. The van der Waals surface area contributed by atoms with Gasteiger partial charge in [0.2, 0.25) is 5.91 Å². The average molecular weight is 940 g/mol. The summed E-state index contributed by atoms with van der Waals surface area (Å²) in [4.78, 5) is 69.3. The summed E-state index contributed by atoms with van der Waals surface area (Å²) in [5, 5.41) is 19.0. The largest absolute Gasteiger partial charge is 0.495 e. The van der Waals surface area contributed by atoms with Crippen LogP contribution in [-0.4, -0.2) is 107 Å². The number of hydrogen-bond acceptors (Lipinski definition) is 10. The number of aliphatic hydroxyl groups is 1. The van der Waals surface area contributed by atoms with E-state index >= 15 is 8.78 Å². The molecule has 0 bridgehead atoms. The number of nitrogens with zero attached hydrogens (tertiary/aromatic N) is 5. The van der Waals surface area contributed by atoms with Gasteiger partial charge < -0.3 is 30.4 Å². The third-order valence-corrected chi connectivity index (χ3v) is 13.8. The number of aromatic nitrogens is 3. The molecule has 3 aliphatic heterocycles. The molecule has 69 heavy (non-hydrogen) atoms. The molecule has 5 heterocycles. The standard InChI is InChI=1S/C52H55F2N9O6/c1-31-38(25-36(53)26-41(31)59-49(66)37-11-10-35(24-40(37)54)51(2,3)68)46-39-27-42(58-47(39)57-30-56-46)33-7-5-32(6-8-33)28-61-19-14-52(15-20-61)16-21-62(29-52)22-17-55-48(65)34-9-12-44(69-4)43(23-34)63-18-13-45(64)60-50(63)67/h5-12,23-27,30,68H,13-22,28-29H2,1-4H3,(H,55,65)(H,59,66)(H,56,57,58)(H,60,64,67). The van der Waals surface area contributed by atoms with E-state index in [0.29, 0.717) is 57.0 Å². The molecule has 17 heteroatoms. The minimum absolute atomic E-state index is 0.164. The van der Waals surface area contributed by atoms with Crippen LogP contribution < -0.4 is 25.6 Å². The van der Waals surface area contributed by atoms with E-state index in [2.05, 4.69) is 65.0 Å². The molecule has 3 fully saturated rings. The van der Waals surface area contributed by atoms with Gasteiger partial charge in [-0.15, -0.1) is 0 Å². The highest BCUT2D eigenvalue weighted by atomic mass is 19.1. The molecule has 0 aliphatic carbocycles. The van der Waals surface area contributed by atoms with Crippen molar-refractivity contribution in [2.45, 2.75) is 58.6 Å². The van der Waals surface area contributed by atoms with E-state index in [-0.39, 0.29) is 41.4 Å². The Morgan fingerprint density at radius 2 is 1.65 bits per heavy atom. The number of imide groups is 1. The van der Waals surface area contributed by atoms with Gasteiger partial charge in [-0.25, -0.2) is 23.5 Å². The minimum Gasteiger partial charge on any atom is -0.495 e. The van der Waals surface area contributed by atoms with Gasteiger partial charge >= 0.3 is 6.03 Å². The second-order valence-electron chi connectivity index (χ2n) is 18.9. The number of methoxy groups -OCH3 is 1. The zero-order chi connectivity index (χ0) is 48.6. The van der Waals surface area contributed by atoms with Crippen LogP contribution in [-0.2, 0) is 16.9 Å². The van der Waals surface area contributed by atoms with Crippen LogP contribution in [0.5, 0.6) is 5.75 Å². The predicted molar refractivity (Wildman–Crippen MR) is 258 cm³/mol. The van der Waals surface area contributed by atoms with E-state index in [4.69, 9.17) is 4.74 Å². The van der Waals surface area contributed by atoms with Crippen LogP contribution in [0.2, 0.25) is 0 Å². The Morgan fingerprint density at radius 3 is 2.36 bits per heavy atom. The summed E-state index contributed by atoms with van der Waals surface area (Å²) in [5.74, 6) is -2.30. The number of hydrogen-bond donors (Lipinski definition) is 5. The number of halogens is 2. The Bertz CT molecular complexity index is 2960. The fraction of sp³-hybridized carbons (Fsp3) is 0.346. The van der Waals surface area contributed by atoms with E-state index in [1.54, 1.807) is 25.1 Å². The molecule has 0 saturated carbocycles. The second kappa shape index (κ2) is 19.1. The van der Waals surface area contributed by atoms with Crippen LogP contribution in [0.3, 0.4) is 0 Å². The normalized spacial score (nSPS) is 16.5. The van der Waals surface area contributed by atoms with Gasteiger partial charge in [0.05, 0.1) is 29.7 Å². The lowest BCUT2D eigenvalue weighted by atomic mass is 9.77. The fourth-order valence-electron chi connectivity index (χ4n) is 9.76. The Labute approximate surface area is 398 Å². The molecular formula is C52H55F2N9O6. The zero-order valence-electron chi connectivity index (χ0n) is 39.0. The Hall–Kier alpha value is -7.08. The number of ether oxygens (including phenoxy) is 1. The quantitative estimate of drug-likeness (QED) is 0.0776. The molecule has 5 amide bonds. The topological polar surface area (TPSA) is 185 Å². The smallest absolute Gasteiger partial charge is 0.328 e. The van der Waals surface area contributed by atoms with Crippen molar-refractivity contribution in [3.8, 4) is 28.3 Å². The molecular weight excluding hydrogens is 885 g/mol. The van der Waals surface area contributed by atoms with E-state index < -0.39 is 29.2 Å². The van der Waals surface area contributed by atoms with Crippen LogP contribution >= 0.6 is 0 Å². The summed E-state index contributed by atoms with van der Waals surface area (Å²) in [6.07, 6.45) is 4.90. The van der Waals surface area contributed by atoms with Crippen LogP contribution in [0, 0.1) is 24.0 Å². The second-order valence-corrected chi connectivity index (χ2v) is 18.9. The van der Waals surface area contributed by atoms with E-state index in [0.717, 1.165) is 75.9 Å². The van der Waals surface area contributed by atoms with Crippen molar-refractivity contribution in [2.24, 2.45) is 5.41 Å². The van der Waals surface area contributed by atoms with Crippen molar-refractivity contribution >= 4 is 46.2 Å². The predicted octanol–water partition coefficient (Wildman–Crippen LogP) is 7.53. The lowest BCUT2D eigenvalue weighted by Gasteiger charge is -2.39. The monoisotopic (exact) mass is 939 g/mol. The first-order valence-corrected chi connectivity index (χ1v) is 23.2. The number of aromatic amines is 1. The highest BCUT2D eigenvalue weighted by molar-refractivity contribution is 6.07. The van der Waals surface area contributed by atoms with Crippen molar-refractivity contribution in [3.63, 3.8) is 0 Å². The maximum absolute atomic E-state index is 15.2. The SMILES string of the molecule is COc1ccc(C(=O)NCCN2CCC3(CCN(Cc4ccc(-c5cc6c(-c7cc(F)cc(NC(=O)c8ccc(C(C)(C)O)cc8F)c7C)ncnc6[nH]5)cc4)CC3)C2)cc1N1CCC(=O)NC1=O. The summed E-state index contributed by atoms with van der Waals surface area (Å²) in [6, 6.07) is 21.2. The molecule has 3 saturated heterocycles. The van der Waals surface area contributed by atoms with Crippen LogP contribution in [0.25, 0.3) is 33.5 Å². The summed E-state index contributed by atoms with van der Waals surface area (Å²) in [6.45, 7) is 11.0. The van der Waals surface area contributed by atoms with Gasteiger partial charge in [0.25, 0.3) is 11.8 Å². The van der Waals surface area contributed by atoms with Gasteiger partial charge in [-0.3, -0.25) is 29.5 Å². The van der Waals surface area contributed by atoms with Gasteiger partial charge in [-0.05, 0) is 136 Å². The molecule has 0 unspecified atom stereocenters. The van der Waals surface area contributed by atoms with Crippen molar-refractivity contribution in [1.82, 2.24) is 35.4 Å². The van der Waals surface area contributed by atoms with Crippen LogP contribution in [0.15, 0.2) is 85.2 Å². The van der Waals surface area contributed by atoms with Gasteiger partial charge in [0.15, 0.2) is 0 Å². The Morgan fingerprint density at radius 1 is 0.899 bits per heavy atom. The van der Waals surface area contributed by atoms with Gasteiger partial charge in [0.1, 0.15) is 29.4 Å². The number of rotatable bonds is 13. The molecule has 15 nitrogen and oxygen atoms in total. The number of carbonyl (C=O) groups excluding carboxylic acids is 4. The zero-order valence-corrected chi connectivity index (χ0v) is 39.0. The molecule has 4 aromatic carbocycles. The Balaban J connectivity index is 0.781. The summed E-state index contributed by atoms with van der Waals surface area (Å²) < 4.78 is 35.7. The van der Waals surface area contributed by atoms with Crippen LogP contribution in [0.1, 0.15) is 76.9 Å². The van der Waals surface area contributed by atoms with Crippen molar-refractivity contribution in [2.75, 3.05) is 63.1 Å². The third kappa shape index (κ3) is 10.1.